The lowest BCUT2D eigenvalue weighted by atomic mass is 9.99. The number of carbonyl (C=O) groups is 2. The molecule has 0 bridgehead atoms. The highest BCUT2D eigenvalue weighted by atomic mass is 16.5. The molecule has 0 aromatic heterocycles. The molecule has 4 heteroatoms. The molecule has 1 unspecified atom stereocenters. The van der Waals surface area contributed by atoms with Gasteiger partial charge in [0.25, 0.3) is 0 Å². The topological polar surface area (TPSA) is 55.4 Å². The minimum absolute atomic E-state index is 0.234. The number of esters is 1. The summed E-state index contributed by atoms with van der Waals surface area (Å²) < 4.78 is 4.99. The first-order valence-electron chi connectivity index (χ1n) is 6.96. The minimum Gasteiger partial charge on any atom is -0.464 e. The monoisotopic (exact) mass is 277 g/mol. The van der Waals surface area contributed by atoms with Crippen LogP contribution in [0.4, 0.5) is 0 Å². The summed E-state index contributed by atoms with van der Waals surface area (Å²) >= 11 is 0. The third-order valence-corrected chi connectivity index (χ3v) is 3.03. The molecule has 110 valence electrons. The Morgan fingerprint density at radius 2 is 1.80 bits per heavy atom. The van der Waals surface area contributed by atoms with Gasteiger partial charge in [0, 0.05) is 13.3 Å². The number of hydrogen-bond acceptors (Lipinski definition) is 3. The fraction of sp³-hybridized carbons (Fsp3) is 0.500. The zero-order valence-corrected chi connectivity index (χ0v) is 12.6. The Kier molecular flexibility index (Phi) is 6.22. The van der Waals surface area contributed by atoms with Gasteiger partial charge in [-0.05, 0) is 24.0 Å². The van der Waals surface area contributed by atoms with Crippen molar-refractivity contribution >= 4 is 11.9 Å². The highest BCUT2D eigenvalue weighted by Crippen LogP contribution is 2.15. The van der Waals surface area contributed by atoms with Crippen molar-refractivity contribution in [3.8, 4) is 0 Å². The van der Waals surface area contributed by atoms with Gasteiger partial charge < -0.3 is 10.1 Å². The molecular weight excluding hydrogens is 254 g/mol. The van der Waals surface area contributed by atoms with Crippen LogP contribution in [0.3, 0.4) is 0 Å². The third-order valence-electron chi connectivity index (χ3n) is 3.03. The zero-order valence-electron chi connectivity index (χ0n) is 12.6. The molecule has 0 saturated heterocycles. The average molecular weight is 277 g/mol. The first-order chi connectivity index (χ1) is 9.43. The van der Waals surface area contributed by atoms with Crippen LogP contribution in [0, 0.1) is 0 Å². The van der Waals surface area contributed by atoms with Gasteiger partial charge in [-0.1, -0.05) is 38.1 Å². The molecule has 0 radical (unpaired) electrons. The molecule has 1 aromatic rings. The number of ether oxygens (including phenoxy) is 1. The van der Waals surface area contributed by atoms with E-state index in [1.807, 2.05) is 12.1 Å². The molecule has 1 amide bonds. The molecule has 20 heavy (non-hydrogen) atoms. The lowest BCUT2D eigenvalue weighted by Gasteiger charge is -2.16. The Morgan fingerprint density at radius 3 is 2.25 bits per heavy atom. The number of hydrogen-bond donors (Lipinski definition) is 1. The summed E-state index contributed by atoms with van der Waals surface area (Å²) in [6, 6.07) is 7.45. The van der Waals surface area contributed by atoms with E-state index in [4.69, 9.17) is 4.74 Å². The van der Waals surface area contributed by atoms with Crippen molar-refractivity contribution in [3.05, 3.63) is 35.4 Å². The molecular formula is C16H23NO3. The fourth-order valence-corrected chi connectivity index (χ4v) is 1.96. The second-order valence-corrected chi connectivity index (χ2v) is 5.11. The molecule has 0 aliphatic carbocycles. The lowest BCUT2D eigenvalue weighted by Crippen LogP contribution is -2.42. The number of benzene rings is 1. The van der Waals surface area contributed by atoms with Gasteiger partial charge in [0.05, 0.1) is 6.61 Å². The maximum Gasteiger partial charge on any atom is 0.328 e. The van der Waals surface area contributed by atoms with Crippen LogP contribution >= 0.6 is 0 Å². The highest BCUT2D eigenvalue weighted by molar-refractivity contribution is 5.83. The fourth-order valence-electron chi connectivity index (χ4n) is 1.96. The van der Waals surface area contributed by atoms with Crippen LogP contribution < -0.4 is 5.32 Å². The van der Waals surface area contributed by atoms with Gasteiger partial charge in [0.15, 0.2) is 0 Å². The highest BCUT2D eigenvalue weighted by Gasteiger charge is 2.21. The van der Waals surface area contributed by atoms with Crippen LogP contribution in [-0.2, 0) is 20.7 Å². The van der Waals surface area contributed by atoms with Crippen molar-refractivity contribution < 1.29 is 14.3 Å². The summed E-state index contributed by atoms with van der Waals surface area (Å²) in [4.78, 5) is 23.0. The standard InChI is InChI=1S/C16H23NO3/c1-5-20-16(19)15(17-12(4)18)10-13-6-8-14(9-7-13)11(2)3/h6-9,11,15H,5,10H2,1-4H3,(H,17,18). The van der Waals surface area contributed by atoms with Gasteiger partial charge >= 0.3 is 5.97 Å². The van der Waals surface area contributed by atoms with Gasteiger partial charge in [0.2, 0.25) is 5.91 Å². The molecule has 0 fully saturated rings. The SMILES string of the molecule is CCOC(=O)C(Cc1ccc(C(C)C)cc1)NC(C)=O. The van der Waals surface area contributed by atoms with Crippen LogP contribution in [0.25, 0.3) is 0 Å². The number of nitrogens with one attached hydrogen (secondary N) is 1. The third kappa shape index (κ3) is 5.03. The van der Waals surface area contributed by atoms with Crippen molar-refractivity contribution in [3.63, 3.8) is 0 Å². The predicted molar refractivity (Wildman–Crippen MR) is 78.5 cm³/mol. The molecule has 1 aromatic carbocycles. The quantitative estimate of drug-likeness (QED) is 0.812. The van der Waals surface area contributed by atoms with E-state index in [-0.39, 0.29) is 5.91 Å². The average Bonchev–Trinajstić information content (AvgIpc) is 2.38. The Labute approximate surface area is 120 Å². The van der Waals surface area contributed by atoms with Crippen LogP contribution in [0.5, 0.6) is 0 Å². The van der Waals surface area contributed by atoms with Crippen LogP contribution in [0.1, 0.15) is 44.7 Å². The van der Waals surface area contributed by atoms with E-state index in [9.17, 15) is 9.59 Å². The van der Waals surface area contributed by atoms with E-state index in [0.29, 0.717) is 18.9 Å². The predicted octanol–water partition coefficient (Wildman–Crippen LogP) is 2.42. The van der Waals surface area contributed by atoms with Crippen molar-refractivity contribution in [2.24, 2.45) is 0 Å². The molecule has 1 N–H and O–H groups in total. The molecule has 0 aliphatic rings. The van der Waals surface area contributed by atoms with Gasteiger partial charge in [-0.3, -0.25) is 4.79 Å². The van der Waals surface area contributed by atoms with Gasteiger partial charge in [0.1, 0.15) is 6.04 Å². The normalized spacial score (nSPS) is 12.1. The number of carbonyl (C=O) groups excluding carboxylic acids is 2. The summed E-state index contributed by atoms with van der Waals surface area (Å²) in [7, 11) is 0. The largest absolute Gasteiger partial charge is 0.464 e. The molecule has 0 saturated carbocycles. The van der Waals surface area contributed by atoms with E-state index >= 15 is 0 Å². The van der Waals surface area contributed by atoms with Crippen LogP contribution in [0.15, 0.2) is 24.3 Å². The first kappa shape index (κ1) is 16.2. The second-order valence-electron chi connectivity index (χ2n) is 5.11. The van der Waals surface area contributed by atoms with Gasteiger partial charge in [-0.15, -0.1) is 0 Å². The summed E-state index contributed by atoms with van der Waals surface area (Å²) in [6.45, 7) is 7.72. The van der Waals surface area contributed by atoms with Gasteiger partial charge in [-0.25, -0.2) is 4.79 Å². The zero-order chi connectivity index (χ0) is 15.1. The van der Waals surface area contributed by atoms with Crippen LogP contribution in [-0.4, -0.2) is 24.5 Å². The molecule has 1 rings (SSSR count). The maximum absolute atomic E-state index is 11.8. The van der Waals surface area contributed by atoms with Crippen LogP contribution in [0.2, 0.25) is 0 Å². The second kappa shape index (κ2) is 7.68. The van der Waals surface area contributed by atoms with Gasteiger partial charge in [-0.2, -0.15) is 0 Å². The van der Waals surface area contributed by atoms with E-state index in [1.165, 1.54) is 12.5 Å². The van der Waals surface area contributed by atoms with E-state index in [1.54, 1.807) is 6.92 Å². The smallest absolute Gasteiger partial charge is 0.328 e. The van der Waals surface area contributed by atoms with Crippen molar-refractivity contribution in [1.29, 1.82) is 0 Å². The van der Waals surface area contributed by atoms with Crippen molar-refractivity contribution in [2.45, 2.75) is 46.1 Å². The summed E-state index contributed by atoms with van der Waals surface area (Å²) in [5, 5.41) is 2.64. The Morgan fingerprint density at radius 1 is 1.20 bits per heavy atom. The summed E-state index contributed by atoms with van der Waals surface area (Å²) in [6.07, 6.45) is 0.441. The molecule has 1 atom stereocenters. The van der Waals surface area contributed by atoms with E-state index in [2.05, 4.69) is 31.3 Å². The van der Waals surface area contributed by atoms with E-state index < -0.39 is 12.0 Å². The van der Waals surface area contributed by atoms with Crippen molar-refractivity contribution in [1.82, 2.24) is 5.32 Å². The maximum atomic E-state index is 11.8. The molecule has 4 nitrogen and oxygen atoms in total. The van der Waals surface area contributed by atoms with E-state index in [0.717, 1.165) is 5.56 Å². The molecule has 0 heterocycles. The minimum atomic E-state index is -0.627. The lowest BCUT2D eigenvalue weighted by molar-refractivity contribution is -0.147. The first-order valence-corrected chi connectivity index (χ1v) is 6.96. The summed E-state index contributed by atoms with van der Waals surface area (Å²) in [5.74, 6) is -0.155. The number of rotatable bonds is 6. The molecule has 0 spiro atoms. The summed E-state index contributed by atoms with van der Waals surface area (Å²) in [5.41, 5.74) is 2.25. The number of amides is 1. The Hall–Kier alpha value is -1.84. The Bertz CT molecular complexity index is 451. The Balaban J connectivity index is 2.77. The molecule has 0 aliphatic heterocycles. The van der Waals surface area contributed by atoms with Crippen molar-refractivity contribution in [2.75, 3.05) is 6.61 Å².